The normalized spacial score (nSPS) is 18.5. The molecule has 2 aromatic rings. The van der Waals surface area contributed by atoms with Gasteiger partial charge in [-0.05, 0) is 23.3 Å². The summed E-state index contributed by atoms with van der Waals surface area (Å²) in [6, 6.07) is 6.51. The Kier molecular flexibility index (Phi) is 3.50. The molecule has 1 aromatic heterocycles. The van der Waals surface area contributed by atoms with Crippen LogP contribution in [0.2, 0.25) is 0 Å². The number of ether oxygens (including phenoxy) is 1. The summed E-state index contributed by atoms with van der Waals surface area (Å²) >= 11 is 1.69. The van der Waals surface area contributed by atoms with Gasteiger partial charge in [0.25, 0.3) is 0 Å². The van der Waals surface area contributed by atoms with E-state index in [0.29, 0.717) is 6.54 Å². The SMILES string of the molecule is COc1ccc2c(c1)C(CN)N(Cc1nccs1)C2. The van der Waals surface area contributed by atoms with Crippen molar-refractivity contribution < 1.29 is 4.74 Å². The predicted octanol–water partition coefficient (Wildman–Crippen LogP) is 2.17. The van der Waals surface area contributed by atoms with E-state index in [2.05, 4.69) is 22.0 Å². The van der Waals surface area contributed by atoms with Gasteiger partial charge in [0.15, 0.2) is 0 Å². The van der Waals surface area contributed by atoms with Crippen LogP contribution in [0.4, 0.5) is 0 Å². The predicted molar refractivity (Wildman–Crippen MR) is 76.2 cm³/mol. The molecule has 19 heavy (non-hydrogen) atoms. The van der Waals surface area contributed by atoms with E-state index in [0.717, 1.165) is 23.8 Å². The molecule has 0 bridgehead atoms. The first kappa shape index (κ1) is 12.6. The number of hydrogen-bond donors (Lipinski definition) is 1. The fraction of sp³-hybridized carbons (Fsp3) is 0.357. The minimum absolute atomic E-state index is 0.258. The summed E-state index contributed by atoms with van der Waals surface area (Å²) < 4.78 is 5.30. The maximum atomic E-state index is 5.96. The van der Waals surface area contributed by atoms with Crippen molar-refractivity contribution in [3.8, 4) is 5.75 Å². The van der Waals surface area contributed by atoms with Crippen LogP contribution in [0, 0.1) is 0 Å². The van der Waals surface area contributed by atoms with E-state index >= 15 is 0 Å². The Balaban J connectivity index is 1.86. The minimum Gasteiger partial charge on any atom is -0.497 e. The number of aromatic nitrogens is 1. The van der Waals surface area contributed by atoms with Gasteiger partial charge in [-0.15, -0.1) is 11.3 Å². The Morgan fingerprint density at radius 1 is 1.53 bits per heavy atom. The maximum Gasteiger partial charge on any atom is 0.119 e. The van der Waals surface area contributed by atoms with Gasteiger partial charge in [-0.3, -0.25) is 4.90 Å². The summed E-state index contributed by atoms with van der Waals surface area (Å²) in [4.78, 5) is 6.73. The Bertz CT molecular complexity index is 556. The second-order valence-electron chi connectivity index (χ2n) is 4.65. The molecule has 0 fully saturated rings. The lowest BCUT2D eigenvalue weighted by molar-refractivity contribution is 0.210. The third kappa shape index (κ3) is 2.36. The molecular formula is C14H17N3OS. The van der Waals surface area contributed by atoms with E-state index in [9.17, 15) is 0 Å². The zero-order valence-electron chi connectivity index (χ0n) is 10.9. The molecule has 0 saturated heterocycles. The van der Waals surface area contributed by atoms with Crippen LogP contribution in [0.1, 0.15) is 22.2 Å². The van der Waals surface area contributed by atoms with Gasteiger partial charge in [-0.2, -0.15) is 0 Å². The van der Waals surface area contributed by atoms with Crippen molar-refractivity contribution in [1.82, 2.24) is 9.88 Å². The first-order valence-electron chi connectivity index (χ1n) is 6.31. The van der Waals surface area contributed by atoms with Crippen molar-refractivity contribution in [3.05, 3.63) is 45.9 Å². The molecule has 0 saturated carbocycles. The molecule has 1 aliphatic rings. The van der Waals surface area contributed by atoms with Crippen molar-refractivity contribution in [3.63, 3.8) is 0 Å². The number of nitrogens with zero attached hydrogens (tertiary/aromatic N) is 2. The zero-order chi connectivity index (χ0) is 13.2. The van der Waals surface area contributed by atoms with Gasteiger partial charge in [0.05, 0.1) is 13.7 Å². The molecule has 2 N–H and O–H groups in total. The molecule has 2 heterocycles. The average Bonchev–Trinajstić information content (AvgIpc) is 3.05. The van der Waals surface area contributed by atoms with Crippen molar-refractivity contribution in [1.29, 1.82) is 0 Å². The topological polar surface area (TPSA) is 51.4 Å². The number of fused-ring (bicyclic) bond motifs is 1. The molecule has 3 rings (SSSR count). The lowest BCUT2D eigenvalue weighted by Gasteiger charge is -2.22. The molecule has 1 aromatic carbocycles. The zero-order valence-corrected chi connectivity index (χ0v) is 11.7. The van der Waals surface area contributed by atoms with E-state index in [1.54, 1.807) is 18.4 Å². The largest absolute Gasteiger partial charge is 0.497 e. The molecule has 5 heteroatoms. The van der Waals surface area contributed by atoms with Crippen LogP contribution in [-0.4, -0.2) is 23.5 Å². The van der Waals surface area contributed by atoms with Crippen LogP contribution >= 0.6 is 11.3 Å². The smallest absolute Gasteiger partial charge is 0.119 e. The molecule has 1 aliphatic heterocycles. The summed E-state index contributed by atoms with van der Waals surface area (Å²) in [5.41, 5.74) is 8.59. The number of thiazole rings is 1. The van der Waals surface area contributed by atoms with Gasteiger partial charge in [0.1, 0.15) is 10.8 Å². The molecule has 0 aliphatic carbocycles. The van der Waals surface area contributed by atoms with E-state index in [4.69, 9.17) is 10.5 Å². The second kappa shape index (κ2) is 5.28. The Morgan fingerprint density at radius 3 is 3.11 bits per heavy atom. The summed E-state index contributed by atoms with van der Waals surface area (Å²) in [5.74, 6) is 0.897. The Labute approximate surface area is 116 Å². The standard InChI is InChI=1S/C14H17N3OS/c1-18-11-3-2-10-8-17(9-14-16-4-5-19-14)13(7-15)12(10)6-11/h2-6,13H,7-9,15H2,1H3. The summed E-state index contributed by atoms with van der Waals surface area (Å²) in [6.07, 6.45) is 1.85. The van der Waals surface area contributed by atoms with Crippen molar-refractivity contribution >= 4 is 11.3 Å². The summed E-state index contributed by atoms with van der Waals surface area (Å²) in [7, 11) is 1.70. The van der Waals surface area contributed by atoms with Gasteiger partial charge in [0.2, 0.25) is 0 Å². The van der Waals surface area contributed by atoms with Gasteiger partial charge >= 0.3 is 0 Å². The van der Waals surface area contributed by atoms with Crippen LogP contribution in [0.25, 0.3) is 0 Å². The van der Waals surface area contributed by atoms with Crippen LogP contribution in [0.5, 0.6) is 5.75 Å². The molecule has 1 atom stereocenters. The average molecular weight is 275 g/mol. The Morgan fingerprint density at radius 2 is 2.42 bits per heavy atom. The molecule has 0 radical (unpaired) electrons. The van der Waals surface area contributed by atoms with Crippen molar-refractivity contribution in [2.24, 2.45) is 5.73 Å². The lowest BCUT2D eigenvalue weighted by Crippen LogP contribution is -2.27. The first-order valence-corrected chi connectivity index (χ1v) is 7.19. The van der Waals surface area contributed by atoms with E-state index in [1.165, 1.54) is 11.1 Å². The van der Waals surface area contributed by atoms with Crippen molar-refractivity contribution in [2.45, 2.75) is 19.1 Å². The lowest BCUT2D eigenvalue weighted by atomic mass is 10.0. The summed E-state index contributed by atoms with van der Waals surface area (Å²) in [5, 5.41) is 3.15. The Hall–Kier alpha value is -1.43. The van der Waals surface area contributed by atoms with Crippen LogP contribution in [-0.2, 0) is 13.1 Å². The monoisotopic (exact) mass is 275 g/mol. The number of rotatable bonds is 4. The molecule has 4 nitrogen and oxygen atoms in total. The maximum absolute atomic E-state index is 5.96. The minimum atomic E-state index is 0.258. The third-order valence-corrected chi connectivity index (χ3v) is 4.34. The molecule has 0 amide bonds. The van der Waals surface area contributed by atoms with Gasteiger partial charge in [-0.1, -0.05) is 6.07 Å². The highest BCUT2D eigenvalue weighted by Gasteiger charge is 2.29. The van der Waals surface area contributed by atoms with Gasteiger partial charge < -0.3 is 10.5 Å². The quantitative estimate of drug-likeness (QED) is 0.929. The van der Waals surface area contributed by atoms with E-state index in [1.807, 2.05) is 17.6 Å². The van der Waals surface area contributed by atoms with Gasteiger partial charge in [0, 0.05) is 30.7 Å². The first-order chi connectivity index (χ1) is 9.31. The van der Waals surface area contributed by atoms with Crippen molar-refractivity contribution in [2.75, 3.05) is 13.7 Å². The number of hydrogen-bond acceptors (Lipinski definition) is 5. The van der Waals surface area contributed by atoms with E-state index in [-0.39, 0.29) is 6.04 Å². The van der Waals surface area contributed by atoms with Gasteiger partial charge in [-0.25, -0.2) is 4.98 Å². The fourth-order valence-corrected chi connectivity index (χ4v) is 3.27. The van der Waals surface area contributed by atoms with E-state index < -0.39 is 0 Å². The van der Waals surface area contributed by atoms with Crippen LogP contribution in [0.15, 0.2) is 29.8 Å². The summed E-state index contributed by atoms with van der Waals surface area (Å²) in [6.45, 7) is 2.41. The highest BCUT2D eigenvalue weighted by atomic mass is 32.1. The fourth-order valence-electron chi connectivity index (χ4n) is 2.63. The number of nitrogens with two attached hydrogens (primary N) is 1. The second-order valence-corrected chi connectivity index (χ2v) is 5.63. The third-order valence-electron chi connectivity index (χ3n) is 3.57. The molecule has 100 valence electrons. The molecule has 1 unspecified atom stereocenters. The molecule has 0 spiro atoms. The number of methoxy groups -OCH3 is 1. The highest BCUT2D eigenvalue weighted by molar-refractivity contribution is 7.09. The number of benzene rings is 1. The highest BCUT2D eigenvalue weighted by Crippen LogP contribution is 2.36. The van der Waals surface area contributed by atoms with Crippen LogP contribution in [0.3, 0.4) is 0 Å². The van der Waals surface area contributed by atoms with Crippen LogP contribution < -0.4 is 10.5 Å². The molecular weight excluding hydrogens is 258 g/mol.